The minimum absolute atomic E-state index is 0.176. The lowest BCUT2D eigenvalue weighted by Crippen LogP contribution is -2.23. The second-order valence-electron chi connectivity index (χ2n) is 8.22. The molecule has 0 aliphatic carbocycles. The van der Waals surface area contributed by atoms with E-state index in [1.54, 1.807) is 18.3 Å². The van der Waals surface area contributed by atoms with Crippen molar-refractivity contribution in [2.75, 3.05) is 11.9 Å². The fraction of sp³-hybridized carbons (Fsp3) is 0.333. The van der Waals surface area contributed by atoms with Gasteiger partial charge < -0.3 is 10.1 Å². The number of fused-ring (bicyclic) bond motifs is 1. The number of nitrogens with one attached hydrogen (secondary N) is 2. The molecule has 0 aliphatic rings. The largest absolute Gasteiger partial charge is 0.478 e. The van der Waals surface area contributed by atoms with Crippen molar-refractivity contribution in [3.8, 4) is 5.88 Å². The van der Waals surface area contributed by atoms with Crippen LogP contribution in [0.1, 0.15) is 55.4 Å². The van der Waals surface area contributed by atoms with Crippen molar-refractivity contribution < 1.29 is 13.5 Å². The van der Waals surface area contributed by atoms with Crippen LogP contribution in [-0.2, 0) is 12.0 Å². The number of H-pyrrole nitrogens is 1. The zero-order valence-corrected chi connectivity index (χ0v) is 19.0. The molecule has 172 valence electrons. The summed E-state index contributed by atoms with van der Waals surface area (Å²) < 4.78 is 32.5. The molecule has 4 rings (SSSR count). The van der Waals surface area contributed by atoms with Gasteiger partial charge in [0.1, 0.15) is 16.7 Å². The number of halogens is 2. The maximum atomic E-state index is 13.4. The third kappa shape index (κ3) is 4.35. The number of anilines is 1. The minimum Gasteiger partial charge on any atom is -0.478 e. The molecule has 0 aliphatic heterocycles. The summed E-state index contributed by atoms with van der Waals surface area (Å²) in [7, 11) is 0. The van der Waals surface area contributed by atoms with Gasteiger partial charge in [0.25, 0.3) is 6.43 Å². The Labute approximate surface area is 190 Å². The Balaban J connectivity index is 1.77. The molecule has 0 saturated carbocycles. The van der Waals surface area contributed by atoms with Crippen molar-refractivity contribution in [2.24, 2.45) is 0 Å². The fourth-order valence-corrected chi connectivity index (χ4v) is 3.80. The fourth-order valence-electron chi connectivity index (χ4n) is 3.80. The normalized spacial score (nSPS) is 11.8. The Morgan fingerprint density at radius 2 is 1.88 bits per heavy atom. The van der Waals surface area contributed by atoms with Crippen LogP contribution in [0.3, 0.4) is 0 Å². The van der Waals surface area contributed by atoms with Crippen LogP contribution in [-0.4, -0.2) is 31.8 Å². The molecule has 0 saturated heterocycles. The van der Waals surface area contributed by atoms with Gasteiger partial charge in [0, 0.05) is 29.9 Å². The number of aromatic amines is 1. The van der Waals surface area contributed by atoms with Gasteiger partial charge in [-0.25, -0.2) is 18.7 Å². The maximum absolute atomic E-state index is 13.4. The van der Waals surface area contributed by atoms with E-state index in [-0.39, 0.29) is 12.2 Å². The summed E-state index contributed by atoms with van der Waals surface area (Å²) in [6.45, 7) is 8.59. The molecule has 2 N–H and O–H groups in total. The van der Waals surface area contributed by atoms with E-state index >= 15 is 0 Å². The van der Waals surface area contributed by atoms with Crippen molar-refractivity contribution >= 4 is 16.7 Å². The van der Waals surface area contributed by atoms with Crippen LogP contribution in [0.25, 0.3) is 11.0 Å². The number of nitrogens with zero attached hydrogens (tertiary/aromatic N) is 4. The highest BCUT2D eigenvalue weighted by Crippen LogP contribution is 2.38. The van der Waals surface area contributed by atoms with Gasteiger partial charge in [-0.05, 0) is 51.5 Å². The van der Waals surface area contributed by atoms with Crippen LogP contribution < -0.4 is 10.1 Å². The van der Waals surface area contributed by atoms with Gasteiger partial charge in [-0.15, -0.1) is 0 Å². The van der Waals surface area contributed by atoms with E-state index in [0.29, 0.717) is 34.8 Å². The van der Waals surface area contributed by atoms with Crippen LogP contribution >= 0.6 is 0 Å². The summed E-state index contributed by atoms with van der Waals surface area (Å²) in [5.41, 5.74) is 4.19. The number of hydrogen-bond acceptors (Lipinski definition) is 6. The summed E-state index contributed by atoms with van der Waals surface area (Å²) >= 11 is 0. The van der Waals surface area contributed by atoms with Crippen LogP contribution in [0, 0.1) is 6.92 Å². The van der Waals surface area contributed by atoms with E-state index in [2.05, 4.69) is 39.3 Å². The standard InChI is InChI=1S/C24H26F2N6O/c1-5-33-23-16(9-7-11-28-23)24(3,4)18-12-17(21-19(30-18)14(2)31-32-21)29-13-15-8-6-10-27-20(15)22(25)26/h6-12,22H,5,13H2,1-4H3,(H,29,30)(H,31,32). The summed E-state index contributed by atoms with van der Waals surface area (Å²) in [4.78, 5) is 13.1. The van der Waals surface area contributed by atoms with E-state index in [1.165, 1.54) is 6.20 Å². The van der Waals surface area contributed by atoms with Crippen LogP contribution in [0.15, 0.2) is 42.7 Å². The van der Waals surface area contributed by atoms with Crippen LogP contribution in [0.5, 0.6) is 5.88 Å². The highest BCUT2D eigenvalue weighted by atomic mass is 19.3. The minimum atomic E-state index is -2.65. The molecule has 33 heavy (non-hydrogen) atoms. The molecule has 4 aromatic rings. The Bertz CT molecular complexity index is 1270. The highest BCUT2D eigenvalue weighted by Gasteiger charge is 2.30. The Morgan fingerprint density at radius 3 is 2.64 bits per heavy atom. The zero-order valence-electron chi connectivity index (χ0n) is 19.0. The van der Waals surface area contributed by atoms with Crippen molar-refractivity contribution in [3.63, 3.8) is 0 Å². The number of alkyl halides is 2. The van der Waals surface area contributed by atoms with Crippen molar-refractivity contribution in [1.82, 2.24) is 25.1 Å². The molecule has 4 heterocycles. The Morgan fingerprint density at radius 1 is 1.12 bits per heavy atom. The Hall–Kier alpha value is -3.62. The lowest BCUT2D eigenvalue weighted by Gasteiger charge is -2.27. The van der Waals surface area contributed by atoms with Crippen molar-refractivity contribution in [2.45, 2.75) is 46.1 Å². The quantitative estimate of drug-likeness (QED) is 0.376. The molecule has 4 aromatic heterocycles. The first kappa shape index (κ1) is 22.6. The number of rotatable bonds is 8. The molecular weight excluding hydrogens is 426 g/mol. The maximum Gasteiger partial charge on any atom is 0.280 e. The number of ether oxygens (including phenoxy) is 1. The van der Waals surface area contributed by atoms with Crippen LogP contribution in [0.2, 0.25) is 0 Å². The van der Waals surface area contributed by atoms with E-state index < -0.39 is 11.8 Å². The van der Waals surface area contributed by atoms with Crippen LogP contribution in [0.4, 0.5) is 14.5 Å². The summed E-state index contributed by atoms with van der Waals surface area (Å²) in [5, 5.41) is 10.6. The van der Waals surface area contributed by atoms with Gasteiger partial charge >= 0.3 is 0 Å². The molecule has 0 unspecified atom stereocenters. The second kappa shape index (κ2) is 9.09. The highest BCUT2D eigenvalue weighted by molar-refractivity contribution is 5.89. The van der Waals surface area contributed by atoms with Gasteiger partial charge in [-0.3, -0.25) is 10.1 Å². The van der Waals surface area contributed by atoms with E-state index in [0.717, 1.165) is 17.0 Å². The zero-order chi connectivity index (χ0) is 23.6. The third-order valence-corrected chi connectivity index (χ3v) is 5.65. The molecule has 0 aromatic carbocycles. The molecular formula is C24H26F2N6O. The van der Waals surface area contributed by atoms with E-state index in [9.17, 15) is 8.78 Å². The monoisotopic (exact) mass is 452 g/mol. The molecule has 0 radical (unpaired) electrons. The topological polar surface area (TPSA) is 88.6 Å². The lowest BCUT2D eigenvalue weighted by atomic mass is 9.81. The average Bonchev–Trinajstić information content (AvgIpc) is 3.19. The number of hydrogen-bond donors (Lipinski definition) is 2. The first-order chi connectivity index (χ1) is 15.8. The third-order valence-electron chi connectivity index (χ3n) is 5.65. The van der Waals surface area contributed by atoms with Crippen molar-refractivity contribution in [3.05, 3.63) is 70.9 Å². The van der Waals surface area contributed by atoms with Gasteiger partial charge in [0.05, 0.1) is 23.7 Å². The number of aryl methyl sites for hydroxylation is 1. The van der Waals surface area contributed by atoms with Gasteiger partial charge in [-0.2, -0.15) is 5.10 Å². The smallest absolute Gasteiger partial charge is 0.280 e. The van der Waals surface area contributed by atoms with E-state index in [1.807, 2.05) is 32.0 Å². The second-order valence-corrected chi connectivity index (χ2v) is 8.22. The van der Waals surface area contributed by atoms with Crippen molar-refractivity contribution in [1.29, 1.82) is 0 Å². The summed E-state index contributed by atoms with van der Waals surface area (Å²) in [6, 6.07) is 9.04. The molecule has 9 heteroatoms. The van der Waals surface area contributed by atoms with Gasteiger partial charge in [0.2, 0.25) is 5.88 Å². The number of aromatic nitrogens is 5. The lowest BCUT2D eigenvalue weighted by molar-refractivity contribution is 0.145. The SMILES string of the molecule is CCOc1ncccc1C(C)(C)c1cc(NCc2cccnc2C(F)F)c2n[nH]c(C)c2n1. The number of pyridine rings is 3. The molecule has 0 fully saturated rings. The molecule has 0 spiro atoms. The first-order valence-electron chi connectivity index (χ1n) is 10.7. The summed E-state index contributed by atoms with van der Waals surface area (Å²) in [5.74, 6) is 0.558. The molecule has 0 atom stereocenters. The summed E-state index contributed by atoms with van der Waals surface area (Å²) in [6.07, 6.45) is 0.422. The van der Waals surface area contributed by atoms with E-state index in [4.69, 9.17) is 9.72 Å². The van der Waals surface area contributed by atoms with Gasteiger partial charge in [-0.1, -0.05) is 12.1 Å². The molecule has 7 nitrogen and oxygen atoms in total. The Kier molecular flexibility index (Phi) is 6.22. The molecule has 0 bridgehead atoms. The first-order valence-corrected chi connectivity index (χ1v) is 10.7. The molecule has 0 amide bonds. The predicted octanol–water partition coefficient (Wildman–Crippen LogP) is 5.33. The average molecular weight is 453 g/mol. The predicted molar refractivity (Wildman–Crippen MR) is 123 cm³/mol. The van der Waals surface area contributed by atoms with Gasteiger partial charge in [0.15, 0.2) is 0 Å².